The highest BCUT2D eigenvalue weighted by molar-refractivity contribution is 6.02. The van der Waals surface area contributed by atoms with Gasteiger partial charge in [-0.15, -0.1) is 0 Å². The molecule has 160 valence electrons. The van der Waals surface area contributed by atoms with Gasteiger partial charge in [-0.25, -0.2) is 4.98 Å². The molecule has 7 nitrogen and oxygen atoms in total. The molecule has 4 rings (SSSR count). The van der Waals surface area contributed by atoms with Crippen molar-refractivity contribution in [2.24, 2.45) is 0 Å². The van der Waals surface area contributed by atoms with Crippen molar-refractivity contribution in [1.82, 2.24) is 9.55 Å². The highest BCUT2D eigenvalue weighted by Crippen LogP contribution is 2.38. The van der Waals surface area contributed by atoms with Gasteiger partial charge < -0.3 is 24.1 Å². The van der Waals surface area contributed by atoms with E-state index in [0.717, 1.165) is 47.7 Å². The molecule has 1 N–H and O–H groups in total. The number of fused-ring (bicyclic) bond motifs is 1. The number of aromatic nitrogens is 2. The van der Waals surface area contributed by atoms with E-state index < -0.39 is 0 Å². The van der Waals surface area contributed by atoms with Gasteiger partial charge in [0.05, 0.1) is 33.2 Å². The second-order valence-corrected chi connectivity index (χ2v) is 7.18. The molecule has 0 bridgehead atoms. The minimum absolute atomic E-state index is 0.232. The van der Waals surface area contributed by atoms with E-state index in [9.17, 15) is 4.79 Å². The van der Waals surface area contributed by atoms with Crippen LogP contribution in [-0.2, 0) is 17.8 Å². The molecule has 0 aliphatic carbocycles. The molecule has 0 saturated carbocycles. The first-order chi connectivity index (χ1) is 15.1. The van der Waals surface area contributed by atoms with Crippen LogP contribution in [0.25, 0.3) is 17.3 Å². The van der Waals surface area contributed by atoms with E-state index in [1.54, 1.807) is 39.5 Å². The molecule has 0 saturated heterocycles. The van der Waals surface area contributed by atoms with Gasteiger partial charge in [-0.05, 0) is 42.3 Å². The number of nitrogens with one attached hydrogen (secondary N) is 1. The molecule has 0 spiro atoms. The molecule has 1 amide bonds. The Morgan fingerprint density at radius 2 is 1.87 bits per heavy atom. The number of carbonyl (C=O) groups excluding carboxylic acids is 1. The average molecular weight is 419 g/mol. The number of hydrogen-bond donors (Lipinski definition) is 1. The van der Waals surface area contributed by atoms with Gasteiger partial charge in [-0.1, -0.05) is 12.1 Å². The molecule has 0 radical (unpaired) electrons. The van der Waals surface area contributed by atoms with Gasteiger partial charge in [-0.3, -0.25) is 4.79 Å². The first-order valence-electron chi connectivity index (χ1n) is 10.1. The lowest BCUT2D eigenvalue weighted by Crippen LogP contribution is -2.07. The van der Waals surface area contributed by atoms with Gasteiger partial charge >= 0.3 is 0 Å². The molecule has 0 unspecified atom stereocenters. The number of hydrogen-bond acceptors (Lipinski definition) is 5. The molecular weight excluding hydrogens is 394 g/mol. The molecule has 31 heavy (non-hydrogen) atoms. The Labute approximate surface area is 181 Å². The third-order valence-electron chi connectivity index (χ3n) is 5.26. The van der Waals surface area contributed by atoms with E-state index >= 15 is 0 Å². The quantitative estimate of drug-likeness (QED) is 0.582. The van der Waals surface area contributed by atoms with Crippen molar-refractivity contribution in [3.8, 4) is 28.5 Å². The van der Waals surface area contributed by atoms with Crippen LogP contribution in [0.1, 0.15) is 17.8 Å². The smallest absolute Gasteiger partial charge is 0.248 e. The minimum atomic E-state index is -0.232. The number of benzene rings is 2. The standard InChI is InChI=1S/C24H25N3O4/c1-29-20-12-16(13-21(30-2)24(20)31-3)9-10-23(28)26-18-7-4-6-17(14-18)19-15-25-22-8-5-11-27(19)22/h4,6-7,9-10,12-15H,5,8,11H2,1-3H3,(H,26,28)/b10-9+. The van der Waals surface area contributed by atoms with Crippen molar-refractivity contribution < 1.29 is 19.0 Å². The second kappa shape index (κ2) is 8.95. The van der Waals surface area contributed by atoms with Crippen LogP contribution in [0.2, 0.25) is 0 Å². The molecule has 1 aliphatic rings. The summed E-state index contributed by atoms with van der Waals surface area (Å²) >= 11 is 0. The largest absolute Gasteiger partial charge is 0.493 e. The fourth-order valence-corrected chi connectivity index (χ4v) is 3.80. The Balaban J connectivity index is 1.50. The van der Waals surface area contributed by atoms with Gasteiger partial charge in [0.25, 0.3) is 0 Å². The second-order valence-electron chi connectivity index (χ2n) is 7.18. The van der Waals surface area contributed by atoms with Gasteiger partial charge in [0, 0.05) is 30.3 Å². The molecule has 0 fully saturated rings. The molecule has 1 aromatic heterocycles. The summed E-state index contributed by atoms with van der Waals surface area (Å²) in [5.41, 5.74) is 3.60. The highest BCUT2D eigenvalue weighted by atomic mass is 16.5. The maximum atomic E-state index is 12.5. The Morgan fingerprint density at radius 1 is 1.10 bits per heavy atom. The fraction of sp³-hybridized carbons (Fsp3) is 0.250. The van der Waals surface area contributed by atoms with Crippen molar-refractivity contribution in [2.75, 3.05) is 26.6 Å². The molecule has 2 heterocycles. The van der Waals surface area contributed by atoms with E-state index in [-0.39, 0.29) is 5.91 Å². The fourth-order valence-electron chi connectivity index (χ4n) is 3.80. The zero-order valence-electron chi connectivity index (χ0n) is 17.8. The third-order valence-corrected chi connectivity index (χ3v) is 5.26. The number of rotatable bonds is 7. The van der Waals surface area contributed by atoms with Gasteiger partial charge in [0.1, 0.15) is 5.82 Å². The number of nitrogens with zero attached hydrogens (tertiary/aromatic N) is 2. The van der Waals surface area contributed by atoms with E-state index in [1.165, 1.54) is 6.08 Å². The lowest BCUT2D eigenvalue weighted by atomic mass is 10.1. The summed E-state index contributed by atoms with van der Waals surface area (Å²) in [6.45, 7) is 0.985. The predicted molar refractivity (Wildman–Crippen MR) is 120 cm³/mol. The molecule has 3 aromatic rings. The summed E-state index contributed by atoms with van der Waals surface area (Å²) in [5.74, 6) is 2.46. The monoisotopic (exact) mass is 419 g/mol. The van der Waals surface area contributed by atoms with E-state index in [1.807, 2.05) is 30.5 Å². The number of carbonyl (C=O) groups is 1. The first kappa shape index (κ1) is 20.5. The number of ether oxygens (including phenoxy) is 3. The first-order valence-corrected chi connectivity index (χ1v) is 10.1. The minimum Gasteiger partial charge on any atom is -0.493 e. The molecule has 0 atom stereocenters. The lowest BCUT2D eigenvalue weighted by molar-refractivity contribution is -0.111. The Morgan fingerprint density at radius 3 is 2.58 bits per heavy atom. The number of anilines is 1. The van der Waals surface area contributed by atoms with Crippen LogP contribution >= 0.6 is 0 Å². The molecular formula is C24H25N3O4. The summed E-state index contributed by atoms with van der Waals surface area (Å²) in [6, 6.07) is 11.4. The van der Waals surface area contributed by atoms with Crippen LogP contribution < -0.4 is 19.5 Å². The summed E-state index contributed by atoms with van der Waals surface area (Å²) in [4.78, 5) is 17.0. The Kier molecular flexibility index (Phi) is 5.93. The SMILES string of the molecule is COc1cc(/C=C/C(=O)Nc2cccc(-c3cnc4n3CCC4)c2)cc(OC)c1OC. The van der Waals surface area contributed by atoms with Crippen LogP contribution in [0.15, 0.2) is 48.7 Å². The van der Waals surface area contributed by atoms with E-state index in [2.05, 4.69) is 14.9 Å². The molecule has 7 heteroatoms. The van der Waals surface area contributed by atoms with Crippen LogP contribution in [0.3, 0.4) is 0 Å². The van der Waals surface area contributed by atoms with Crippen LogP contribution in [0.5, 0.6) is 17.2 Å². The van der Waals surface area contributed by atoms with Crippen LogP contribution in [-0.4, -0.2) is 36.8 Å². The van der Waals surface area contributed by atoms with Crippen LogP contribution in [0, 0.1) is 0 Å². The zero-order valence-corrected chi connectivity index (χ0v) is 17.8. The number of imidazole rings is 1. The Bertz CT molecular complexity index is 1110. The van der Waals surface area contributed by atoms with Crippen molar-refractivity contribution >= 4 is 17.7 Å². The van der Waals surface area contributed by atoms with Crippen molar-refractivity contribution in [3.05, 3.63) is 60.1 Å². The van der Waals surface area contributed by atoms with Crippen molar-refractivity contribution in [1.29, 1.82) is 0 Å². The van der Waals surface area contributed by atoms with E-state index in [4.69, 9.17) is 14.2 Å². The predicted octanol–water partition coefficient (Wildman–Crippen LogP) is 4.17. The van der Waals surface area contributed by atoms with Gasteiger partial charge in [0.15, 0.2) is 11.5 Å². The molecule has 2 aromatic carbocycles. The number of amides is 1. The highest BCUT2D eigenvalue weighted by Gasteiger charge is 2.17. The van der Waals surface area contributed by atoms with E-state index in [0.29, 0.717) is 17.2 Å². The maximum absolute atomic E-state index is 12.5. The maximum Gasteiger partial charge on any atom is 0.248 e. The summed E-state index contributed by atoms with van der Waals surface area (Å²) < 4.78 is 18.3. The van der Waals surface area contributed by atoms with Gasteiger partial charge in [0.2, 0.25) is 11.7 Å². The van der Waals surface area contributed by atoms with Crippen molar-refractivity contribution in [3.63, 3.8) is 0 Å². The number of aryl methyl sites for hydroxylation is 1. The zero-order chi connectivity index (χ0) is 21.8. The van der Waals surface area contributed by atoms with Crippen LogP contribution in [0.4, 0.5) is 5.69 Å². The summed E-state index contributed by atoms with van der Waals surface area (Å²) in [7, 11) is 4.66. The summed E-state index contributed by atoms with van der Waals surface area (Å²) in [5, 5.41) is 2.92. The normalized spacial score (nSPS) is 12.6. The lowest BCUT2D eigenvalue weighted by Gasteiger charge is -2.12. The van der Waals surface area contributed by atoms with Crippen molar-refractivity contribution in [2.45, 2.75) is 19.4 Å². The third kappa shape index (κ3) is 4.26. The topological polar surface area (TPSA) is 74.6 Å². The molecule has 1 aliphatic heterocycles. The van der Waals surface area contributed by atoms with Gasteiger partial charge in [-0.2, -0.15) is 0 Å². The number of methoxy groups -OCH3 is 3. The Hall–Kier alpha value is -3.74. The average Bonchev–Trinajstić information content (AvgIpc) is 3.41. The summed E-state index contributed by atoms with van der Waals surface area (Å²) in [6.07, 6.45) is 7.22.